The molecule has 112 valence electrons. The lowest BCUT2D eigenvalue weighted by Crippen LogP contribution is -2.43. The molecule has 1 aromatic rings. The van der Waals surface area contributed by atoms with Gasteiger partial charge in [-0.2, -0.15) is 0 Å². The highest BCUT2D eigenvalue weighted by Crippen LogP contribution is 2.18. The molecular formula is C14H24N4OS. The fraction of sp³-hybridized carbons (Fsp3) is 0.714. The molecule has 6 heteroatoms. The van der Waals surface area contributed by atoms with Crippen LogP contribution in [0.3, 0.4) is 0 Å². The molecule has 1 saturated heterocycles. The Hall–Kier alpha value is -0.980. The van der Waals surface area contributed by atoms with E-state index in [0.29, 0.717) is 12.2 Å². The highest BCUT2D eigenvalue weighted by atomic mass is 32.1. The highest BCUT2D eigenvalue weighted by Gasteiger charge is 2.28. The van der Waals surface area contributed by atoms with Crippen LogP contribution in [0.4, 0.5) is 0 Å². The predicted molar refractivity (Wildman–Crippen MR) is 82.1 cm³/mol. The number of amides is 1. The molecule has 1 aliphatic rings. The normalized spacial score (nSPS) is 20.9. The van der Waals surface area contributed by atoms with E-state index in [0.717, 1.165) is 43.9 Å². The molecule has 0 radical (unpaired) electrons. The smallest absolute Gasteiger partial charge is 0.273 e. The Morgan fingerprint density at radius 3 is 3.05 bits per heavy atom. The number of hydrogen-bond acceptors (Lipinski definition) is 5. The van der Waals surface area contributed by atoms with Crippen molar-refractivity contribution in [2.24, 2.45) is 5.73 Å². The summed E-state index contributed by atoms with van der Waals surface area (Å²) < 4.78 is 0. The minimum atomic E-state index is 0.0756. The van der Waals surface area contributed by atoms with Crippen LogP contribution in [0, 0.1) is 0 Å². The Labute approximate surface area is 124 Å². The molecule has 2 rings (SSSR count). The van der Waals surface area contributed by atoms with E-state index in [1.165, 1.54) is 11.3 Å². The Kier molecular flexibility index (Phi) is 5.51. The summed E-state index contributed by atoms with van der Waals surface area (Å²) in [5, 5.41) is 2.82. The zero-order valence-electron chi connectivity index (χ0n) is 12.3. The lowest BCUT2D eigenvalue weighted by molar-refractivity contribution is 0.0670. The van der Waals surface area contributed by atoms with Crippen molar-refractivity contribution in [3.63, 3.8) is 0 Å². The Balaban J connectivity index is 2.12. The Morgan fingerprint density at radius 2 is 2.35 bits per heavy atom. The average molecular weight is 296 g/mol. The Morgan fingerprint density at radius 1 is 1.55 bits per heavy atom. The molecule has 0 saturated carbocycles. The molecule has 1 fully saturated rings. The van der Waals surface area contributed by atoms with E-state index in [4.69, 9.17) is 5.73 Å². The number of aromatic nitrogens is 1. The van der Waals surface area contributed by atoms with Crippen molar-refractivity contribution in [2.45, 2.75) is 32.2 Å². The van der Waals surface area contributed by atoms with Gasteiger partial charge in [-0.1, -0.05) is 6.92 Å². The second kappa shape index (κ2) is 7.15. The van der Waals surface area contributed by atoms with Crippen molar-refractivity contribution in [1.29, 1.82) is 0 Å². The molecule has 0 spiro atoms. The number of carbonyl (C=O) groups excluding carboxylic acids is 1. The first-order valence-electron chi connectivity index (χ1n) is 7.29. The van der Waals surface area contributed by atoms with Crippen LogP contribution in [-0.2, 0) is 6.42 Å². The van der Waals surface area contributed by atoms with Gasteiger partial charge >= 0.3 is 0 Å². The molecular weight excluding hydrogens is 272 g/mol. The number of likely N-dealkylation sites (N-methyl/N-ethyl adjacent to an activating group) is 1. The van der Waals surface area contributed by atoms with Crippen LogP contribution >= 0.6 is 11.3 Å². The third kappa shape index (κ3) is 3.56. The second-order valence-electron chi connectivity index (χ2n) is 5.34. The molecule has 2 heterocycles. The topological polar surface area (TPSA) is 62.5 Å². The monoisotopic (exact) mass is 296 g/mol. The van der Waals surface area contributed by atoms with E-state index in [1.54, 1.807) is 0 Å². The second-order valence-corrected chi connectivity index (χ2v) is 6.28. The third-order valence-corrected chi connectivity index (χ3v) is 4.67. The zero-order chi connectivity index (χ0) is 14.5. The maximum Gasteiger partial charge on any atom is 0.273 e. The van der Waals surface area contributed by atoms with Crippen LogP contribution in [0.25, 0.3) is 0 Å². The molecule has 1 atom stereocenters. The summed E-state index contributed by atoms with van der Waals surface area (Å²) in [6.45, 7) is 5.54. The number of carbonyl (C=O) groups is 1. The number of hydrogen-bond donors (Lipinski definition) is 1. The number of thiazole rings is 1. The summed E-state index contributed by atoms with van der Waals surface area (Å²) in [7, 11) is 2.12. The average Bonchev–Trinajstić information content (AvgIpc) is 2.81. The quantitative estimate of drug-likeness (QED) is 0.907. The first-order chi connectivity index (χ1) is 9.65. The van der Waals surface area contributed by atoms with Crippen LogP contribution in [0.15, 0.2) is 5.38 Å². The predicted octanol–water partition coefficient (Wildman–Crippen LogP) is 1.20. The van der Waals surface area contributed by atoms with Crippen molar-refractivity contribution in [2.75, 3.05) is 33.2 Å². The summed E-state index contributed by atoms with van der Waals surface area (Å²) in [6.07, 6.45) is 2.76. The molecule has 0 bridgehead atoms. The molecule has 1 aliphatic heterocycles. The fourth-order valence-corrected chi connectivity index (χ4v) is 3.44. The third-order valence-electron chi connectivity index (χ3n) is 3.76. The minimum absolute atomic E-state index is 0.0756. The first-order valence-corrected chi connectivity index (χ1v) is 8.17. The van der Waals surface area contributed by atoms with E-state index in [1.807, 2.05) is 10.3 Å². The van der Waals surface area contributed by atoms with E-state index >= 15 is 0 Å². The summed E-state index contributed by atoms with van der Waals surface area (Å²) >= 11 is 1.53. The van der Waals surface area contributed by atoms with Crippen molar-refractivity contribution in [3.05, 3.63) is 16.1 Å². The Bertz CT molecular complexity index is 448. The molecule has 1 unspecified atom stereocenters. The van der Waals surface area contributed by atoms with Gasteiger partial charge in [0, 0.05) is 30.9 Å². The molecule has 0 aromatic carbocycles. The molecule has 20 heavy (non-hydrogen) atoms. The van der Waals surface area contributed by atoms with E-state index in [2.05, 4.69) is 23.9 Å². The highest BCUT2D eigenvalue weighted by molar-refractivity contribution is 7.09. The van der Waals surface area contributed by atoms with Gasteiger partial charge in [0.1, 0.15) is 5.69 Å². The lowest BCUT2D eigenvalue weighted by atomic mass is 10.1. The number of rotatable bonds is 4. The molecule has 2 N–H and O–H groups in total. The van der Waals surface area contributed by atoms with E-state index in [9.17, 15) is 4.79 Å². The maximum absolute atomic E-state index is 12.7. The van der Waals surface area contributed by atoms with Gasteiger partial charge in [0.2, 0.25) is 0 Å². The van der Waals surface area contributed by atoms with Crippen molar-refractivity contribution >= 4 is 17.2 Å². The van der Waals surface area contributed by atoms with Crippen LogP contribution in [0.1, 0.15) is 35.3 Å². The zero-order valence-corrected chi connectivity index (χ0v) is 13.2. The standard InChI is InChI=1S/C14H24N4OS/c1-3-11-9-17(2)7-4-8-18(11)14(19)12-10-20-13(16-12)5-6-15/h10-11H,3-9,15H2,1-2H3. The van der Waals surface area contributed by atoms with Gasteiger partial charge in [0.25, 0.3) is 5.91 Å². The molecule has 5 nitrogen and oxygen atoms in total. The van der Waals surface area contributed by atoms with Crippen LogP contribution in [0.2, 0.25) is 0 Å². The van der Waals surface area contributed by atoms with Gasteiger partial charge < -0.3 is 15.5 Å². The van der Waals surface area contributed by atoms with Gasteiger partial charge in [-0.15, -0.1) is 11.3 Å². The van der Waals surface area contributed by atoms with Crippen molar-refractivity contribution in [1.82, 2.24) is 14.8 Å². The van der Waals surface area contributed by atoms with Crippen LogP contribution < -0.4 is 5.73 Å². The largest absolute Gasteiger partial charge is 0.333 e. The maximum atomic E-state index is 12.7. The molecule has 1 amide bonds. The van der Waals surface area contributed by atoms with Gasteiger partial charge in [-0.25, -0.2) is 4.98 Å². The summed E-state index contributed by atoms with van der Waals surface area (Å²) in [5.41, 5.74) is 6.12. The lowest BCUT2D eigenvalue weighted by Gasteiger charge is -2.29. The first kappa shape index (κ1) is 15.4. The van der Waals surface area contributed by atoms with Gasteiger partial charge in [-0.05, 0) is 33.0 Å². The molecule has 1 aromatic heterocycles. The number of nitrogens with two attached hydrogens (primary N) is 1. The summed E-state index contributed by atoms with van der Waals surface area (Å²) in [5.74, 6) is 0.0756. The van der Waals surface area contributed by atoms with Crippen molar-refractivity contribution in [3.8, 4) is 0 Å². The minimum Gasteiger partial charge on any atom is -0.333 e. The van der Waals surface area contributed by atoms with E-state index in [-0.39, 0.29) is 11.9 Å². The van der Waals surface area contributed by atoms with E-state index < -0.39 is 0 Å². The molecule has 0 aliphatic carbocycles. The number of nitrogens with zero attached hydrogens (tertiary/aromatic N) is 3. The SMILES string of the molecule is CCC1CN(C)CCCN1C(=O)c1csc(CCN)n1. The van der Waals surface area contributed by atoms with Gasteiger partial charge in [0.05, 0.1) is 5.01 Å². The van der Waals surface area contributed by atoms with Crippen LogP contribution in [-0.4, -0.2) is 60.0 Å². The summed E-state index contributed by atoms with van der Waals surface area (Å²) in [6, 6.07) is 0.287. The van der Waals surface area contributed by atoms with Gasteiger partial charge in [0.15, 0.2) is 0 Å². The van der Waals surface area contributed by atoms with Gasteiger partial charge in [-0.3, -0.25) is 4.79 Å². The fourth-order valence-electron chi connectivity index (χ4n) is 2.65. The van der Waals surface area contributed by atoms with Crippen LogP contribution in [0.5, 0.6) is 0 Å². The van der Waals surface area contributed by atoms with Crippen molar-refractivity contribution < 1.29 is 4.79 Å². The summed E-state index contributed by atoms with van der Waals surface area (Å²) in [4.78, 5) is 21.4.